The van der Waals surface area contributed by atoms with E-state index in [2.05, 4.69) is 10.6 Å². The molecule has 5 heteroatoms. The molecule has 5 nitrogen and oxygen atoms in total. The Hall–Kier alpha value is -1.10. The summed E-state index contributed by atoms with van der Waals surface area (Å²) >= 11 is 0. The number of amides is 1. The second-order valence-electron chi connectivity index (χ2n) is 5.98. The maximum absolute atomic E-state index is 11.5. The third-order valence-corrected chi connectivity index (χ3v) is 2.33. The highest BCUT2D eigenvalue weighted by molar-refractivity contribution is 5.81. The van der Waals surface area contributed by atoms with Gasteiger partial charge in [-0.1, -0.05) is 0 Å². The Labute approximate surface area is 110 Å². The van der Waals surface area contributed by atoms with Crippen LogP contribution >= 0.6 is 0 Å². The Morgan fingerprint density at radius 1 is 1.11 bits per heavy atom. The van der Waals surface area contributed by atoms with E-state index < -0.39 is 11.0 Å². The molecule has 1 amide bonds. The summed E-state index contributed by atoms with van der Waals surface area (Å²) in [5, 5.41) is 5.71. The number of ether oxygens (including phenoxy) is 1. The molecule has 106 valence electrons. The van der Waals surface area contributed by atoms with Crippen LogP contribution in [0.25, 0.3) is 0 Å². The molecule has 0 aliphatic carbocycles. The van der Waals surface area contributed by atoms with Gasteiger partial charge in [0.2, 0.25) is 5.91 Å². The van der Waals surface area contributed by atoms with Crippen LogP contribution < -0.4 is 10.6 Å². The number of rotatable bonds is 6. The highest BCUT2D eigenvalue weighted by atomic mass is 16.6. The van der Waals surface area contributed by atoms with Crippen LogP contribution in [0.5, 0.6) is 0 Å². The minimum absolute atomic E-state index is 0.0210. The molecule has 0 rings (SSSR count). The Morgan fingerprint density at radius 3 is 2.11 bits per heavy atom. The van der Waals surface area contributed by atoms with Gasteiger partial charge in [0.15, 0.2) is 0 Å². The van der Waals surface area contributed by atoms with Crippen LogP contribution in [0.3, 0.4) is 0 Å². The monoisotopic (exact) mass is 258 g/mol. The summed E-state index contributed by atoms with van der Waals surface area (Å²) in [6, 6.07) is 0. The first-order valence-electron chi connectivity index (χ1n) is 6.23. The smallest absolute Gasteiger partial charge is 0.307 e. The van der Waals surface area contributed by atoms with Crippen molar-refractivity contribution in [3.8, 4) is 0 Å². The van der Waals surface area contributed by atoms with Crippen LogP contribution in [0.1, 0.15) is 41.0 Å². The number of esters is 1. The normalized spacial score (nSPS) is 12.1. The number of carbonyl (C=O) groups excluding carboxylic acids is 2. The first-order valence-corrected chi connectivity index (χ1v) is 6.23. The molecular formula is C13H26N2O3. The van der Waals surface area contributed by atoms with Crippen molar-refractivity contribution in [2.75, 3.05) is 20.1 Å². The number of hydrogen-bond acceptors (Lipinski definition) is 4. The largest absolute Gasteiger partial charge is 0.460 e. The van der Waals surface area contributed by atoms with Gasteiger partial charge in [0.25, 0.3) is 0 Å². The van der Waals surface area contributed by atoms with Crippen LogP contribution in [0.2, 0.25) is 0 Å². The topological polar surface area (TPSA) is 67.4 Å². The van der Waals surface area contributed by atoms with Crippen molar-refractivity contribution in [2.45, 2.75) is 46.6 Å². The van der Waals surface area contributed by atoms with Crippen molar-refractivity contribution in [3.05, 3.63) is 0 Å². The average Bonchev–Trinajstić information content (AvgIpc) is 2.20. The minimum atomic E-state index is -0.483. The predicted molar refractivity (Wildman–Crippen MR) is 71.2 cm³/mol. The van der Waals surface area contributed by atoms with E-state index in [9.17, 15) is 9.59 Å². The molecular weight excluding hydrogens is 232 g/mol. The summed E-state index contributed by atoms with van der Waals surface area (Å²) in [6.45, 7) is 10.3. The summed E-state index contributed by atoms with van der Waals surface area (Å²) < 4.78 is 5.18. The van der Waals surface area contributed by atoms with Crippen molar-refractivity contribution < 1.29 is 14.3 Å². The highest BCUT2D eigenvalue weighted by Crippen LogP contribution is 2.13. The lowest BCUT2D eigenvalue weighted by atomic mass is 9.92. The van der Waals surface area contributed by atoms with E-state index in [0.29, 0.717) is 19.5 Å². The van der Waals surface area contributed by atoms with E-state index in [-0.39, 0.29) is 11.9 Å². The first kappa shape index (κ1) is 16.9. The summed E-state index contributed by atoms with van der Waals surface area (Å²) in [4.78, 5) is 22.9. The number of carbonyl (C=O) groups is 2. The molecule has 0 saturated carbocycles. The fraction of sp³-hybridized carbons (Fsp3) is 0.846. The number of nitrogens with one attached hydrogen (secondary N) is 2. The fourth-order valence-corrected chi connectivity index (χ4v) is 1.40. The third-order valence-electron chi connectivity index (χ3n) is 2.33. The molecule has 0 saturated heterocycles. The van der Waals surface area contributed by atoms with Crippen LogP contribution in [0.4, 0.5) is 0 Å². The molecule has 0 spiro atoms. The highest BCUT2D eigenvalue weighted by Gasteiger charge is 2.26. The predicted octanol–water partition coefficient (Wildman–Crippen LogP) is 1.08. The molecule has 0 atom stereocenters. The maximum Gasteiger partial charge on any atom is 0.307 e. The van der Waals surface area contributed by atoms with Gasteiger partial charge in [-0.2, -0.15) is 0 Å². The van der Waals surface area contributed by atoms with Gasteiger partial charge in [0, 0.05) is 20.1 Å². The third kappa shape index (κ3) is 7.27. The van der Waals surface area contributed by atoms with Gasteiger partial charge in [-0.15, -0.1) is 0 Å². The SMILES string of the molecule is CNC(=O)C(C)(C)CNCCC(=O)OC(C)(C)C. The second-order valence-corrected chi connectivity index (χ2v) is 5.98. The molecule has 0 heterocycles. The quantitative estimate of drug-likeness (QED) is 0.552. The Kier molecular flexibility index (Phi) is 6.32. The van der Waals surface area contributed by atoms with E-state index in [1.165, 1.54) is 0 Å². The van der Waals surface area contributed by atoms with Crippen LogP contribution in [-0.4, -0.2) is 37.6 Å². The number of hydrogen-bond donors (Lipinski definition) is 2. The lowest BCUT2D eigenvalue weighted by Crippen LogP contribution is -2.42. The van der Waals surface area contributed by atoms with Crippen LogP contribution in [0, 0.1) is 5.41 Å². The molecule has 0 aromatic heterocycles. The van der Waals surface area contributed by atoms with Gasteiger partial charge >= 0.3 is 5.97 Å². The molecule has 0 bridgehead atoms. The zero-order valence-corrected chi connectivity index (χ0v) is 12.3. The summed E-state index contributed by atoms with van der Waals surface area (Å²) in [5.74, 6) is -0.250. The molecule has 2 N–H and O–H groups in total. The lowest BCUT2D eigenvalue weighted by Gasteiger charge is -2.23. The molecule has 0 aliphatic heterocycles. The Morgan fingerprint density at radius 2 is 1.67 bits per heavy atom. The van der Waals surface area contributed by atoms with E-state index >= 15 is 0 Å². The molecule has 0 aliphatic rings. The summed E-state index contributed by atoms with van der Waals surface area (Å²) in [6.07, 6.45) is 0.307. The van der Waals surface area contributed by atoms with Gasteiger partial charge in [0.05, 0.1) is 11.8 Å². The summed E-state index contributed by atoms with van der Waals surface area (Å²) in [5.41, 5.74) is -0.929. The van der Waals surface area contributed by atoms with Crippen molar-refractivity contribution in [1.29, 1.82) is 0 Å². The van der Waals surface area contributed by atoms with E-state index in [1.54, 1.807) is 7.05 Å². The molecule has 0 fully saturated rings. The van der Waals surface area contributed by atoms with Gasteiger partial charge in [-0.05, 0) is 34.6 Å². The standard InChI is InChI=1S/C13H26N2O3/c1-12(2,3)18-10(16)7-8-15-9-13(4,5)11(17)14-6/h15H,7-9H2,1-6H3,(H,14,17). The Balaban J connectivity index is 3.87. The average molecular weight is 258 g/mol. The zero-order valence-electron chi connectivity index (χ0n) is 12.3. The second kappa shape index (κ2) is 6.73. The van der Waals surface area contributed by atoms with Crippen molar-refractivity contribution >= 4 is 11.9 Å². The first-order chi connectivity index (χ1) is 8.08. The molecule has 0 radical (unpaired) electrons. The van der Waals surface area contributed by atoms with E-state index in [4.69, 9.17) is 4.74 Å². The minimum Gasteiger partial charge on any atom is -0.460 e. The van der Waals surface area contributed by atoms with Gasteiger partial charge in [-0.3, -0.25) is 9.59 Å². The molecule has 18 heavy (non-hydrogen) atoms. The lowest BCUT2D eigenvalue weighted by molar-refractivity contribution is -0.154. The van der Waals surface area contributed by atoms with E-state index in [1.807, 2.05) is 34.6 Å². The molecule has 0 aromatic carbocycles. The Bertz CT molecular complexity index is 293. The van der Waals surface area contributed by atoms with Crippen molar-refractivity contribution in [3.63, 3.8) is 0 Å². The van der Waals surface area contributed by atoms with Gasteiger partial charge in [0.1, 0.15) is 5.60 Å². The van der Waals surface area contributed by atoms with E-state index in [0.717, 1.165) is 0 Å². The molecule has 0 unspecified atom stereocenters. The van der Waals surface area contributed by atoms with Gasteiger partial charge in [-0.25, -0.2) is 0 Å². The van der Waals surface area contributed by atoms with Crippen LogP contribution in [0.15, 0.2) is 0 Å². The van der Waals surface area contributed by atoms with Gasteiger partial charge < -0.3 is 15.4 Å². The van der Waals surface area contributed by atoms with Crippen molar-refractivity contribution in [2.24, 2.45) is 5.41 Å². The summed E-state index contributed by atoms with van der Waals surface area (Å²) in [7, 11) is 1.62. The fourth-order valence-electron chi connectivity index (χ4n) is 1.40. The van der Waals surface area contributed by atoms with Crippen LogP contribution in [-0.2, 0) is 14.3 Å². The maximum atomic E-state index is 11.5. The van der Waals surface area contributed by atoms with Crippen molar-refractivity contribution in [1.82, 2.24) is 10.6 Å². The zero-order chi connectivity index (χ0) is 14.4. The molecule has 0 aromatic rings.